The maximum absolute atomic E-state index is 13.7. The molecule has 0 aliphatic heterocycles. The van der Waals surface area contributed by atoms with Crippen LogP contribution in [0.4, 0.5) is 8.78 Å². The summed E-state index contributed by atoms with van der Waals surface area (Å²) in [6.07, 6.45) is 1.83. The van der Waals surface area contributed by atoms with E-state index in [-0.39, 0.29) is 5.56 Å². The number of halogens is 2. The minimum Gasteiger partial charge on any atom is -0.334 e. The van der Waals surface area contributed by atoms with Crippen molar-refractivity contribution in [1.29, 1.82) is 0 Å². The fraction of sp³-hybridized carbons (Fsp3) is 0.250. The van der Waals surface area contributed by atoms with E-state index in [1.807, 2.05) is 37.3 Å². The lowest BCUT2D eigenvalue weighted by molar-refractivity contribution is 0.0737. The van der Waals surface area contributed by atoms with Crippen LogP contribution in [-0.2, 0) is 6.54 Å². The van der Waals surface area contributed by atoms with Gasteiger partial charge in [-0.25, -0.2) is 9.37 Å². The minimum absolute atomic E-state index is 0.285. The maximum Gasteiger partial charge on any atom is 0.257 e. The summed E-state index contributed by atoms with van der Waals surface area (Å²) < 4.78 is 26.9. The number of carbonyl (C=O) groups excluding carboxylic acids is 1. The number of rotatable bonds is 5. The second-order valence-corrected chi connectivity index (χ2v) is 4.68. The van der Waals surface area contributed by atoms with Crippen molar-refractivity contribution in [2.24, 2.45) is 0 Å². The Morgan fingerprint density at radius 2 is 1.90 bits per heavy atom. The highest BCUT2D eigenvalue weighted by Crippen LogP contribution is 2.14. The van der Waals surface area contributed by atoms with Gasteiger partial charge in [0.2, 0.25) is 5.95 Å². The van der Waals surface area contributed by atoms with Crippen molar-refractivity contribution in [3.05, 3.63) is 65.5 Å². The van der Waals surface area contributed by atoms with Crippen LogP contribution in [0.25, 0.3) is 0 Å². The van der Waals surface area contributed by atoms with Gasteiger partial charge in [-0.1, -0.05) is 37.3 Å². The quantitative estimate of drug-likeness (QED) is 0.791. The van der Waals surface area contributed by atoms with E-state index in [0.29, 0.717) is 13.1 Å². The average Bonchev–Trinajstić information content (AvgIpc) is 2.50. The van der Waals surface area contributed by atoms with Gasteiger partial charge in [-0.2, -0.15) is 4.39 Å². The molecule has 0 fully saturated rings. The molecule has 0 N–H and O–H groups in total. The summed E-state index contributed by atoms with van der Waals surface area (Å²) in [5.41, 5.74) is 0.654. The van der Waals surface area contributed by atoms with Crippen LogP contribution in [0.2, 0.25) is 0 Å². The fourth-order valence-corrected chi connectivity index (χ4v) is 2.08. The highest BCUT2D eigenvalue weighted by Gasteiger charge is 2.21. The van der Waals surface area contributed by atoms with E-state index in [1.165, 1.54) is 11.0 Å². The second kappa shape index (κ2) is 6.92. The molecule has 21 heavy (non-hydrogen) atoms. The van der Waals surface area contributed by atoms with Crippen LogP contribution in [0.15, 0.2) is 42.6 Å². The molecular weight excluding hydrogens is 274 g/mol. The Morgan fingerprint density at radius 3 is 2.57 bits per heavy atom. The Labute approximate surface area is 122 Å². The Morgan fingerprint density at radius 1 is 1.19 bits per heavy atom. The molecule has 0 aliphatic carbocycles. The lowest BCUT2D eigenvalue weighted by Crippen LogP contribution is -2.32. The third-order valence-electron chi connectivity index (χ3n) is 3.07. The Hall–Kier alpha value is -2.30. The average molecular weight is 290 g/mol. The number of pyridine rings is 1. The first kappa shape index (κ1) is 15.1. The number of aromatic nitrogens is 1. The predicted octanol–water partition coefficient (Wildman–Crippen LogP) is 3.41. The molecule has 3 nitrogen and oxygen atoms in total. The van der Waals surface area contributed by atoms with Crippen molar-refractivity contribution in [1.82, 2.24) is 9.88 Å². The predicted molar refractivity (Wildman–Crippen MR) is 75.6 cm³/mol. The van der Waals surface area contributed by atoms with Crippen molar-refractivity contribution in [2.45, 2.75) is 19.9 Å². The topological polar surface area (TPSA) is 33.2 Å². The Bertz CT molecular complexity index is 617. The van der Waals surface area contributed by atoms with Gasteiger partial charge in [0.15, 0.2) is 5.82 Å². The monoisotopic (exact) mass is 290 g/mol. The molecule has 0 radical (unpaired) electrons. The van der Waals surface area contributed by atoms with Gasteiger partial charge in [-0.15, -0.1) is 0 Å². The molecule has 1 aromatic carbocycles. The van der Waals surface area contributed by atoms with E-state index in [9.17, 15) is 13.6 Å². The van der Waals surface area contributed by atoms with Crippen molar-refractivity contribution >= 4 is 5.91 Å². The van der Waals surface area contributed by atoms with Crippen LogP contribution in [0, 0.1) is 11.8 Å². The first-order valence-corrected chi connectivity index (χ1v) is 6.76. The van der Waals surface area contributed by atoms with Crippen molar-refractivity contribution in [3.63, 3.8) is 0 Å². The number of nitrogens with zero attached hydrogens (tertiary/aromatic N) is 2. The van der Waals surface area contributed by atoms with Crippen molar-refractivity contribution in [3.8, 4) is 0 Å². The van der Waals surface area contributed by atoms with Crippen LogP contribution in [0.3, 0.4) is 0 Å². The van der Waals surface area contributed by atoms with E-state index >= 15 is 0 Å². The largest absolute Gasteiger partial charge is 0.334 e. The summed E-state index contributed by atoms with van der Waals surface area (Å²) in [4.78, 5) is 17.1. The van der Waals surface area contributed by atoms with Gasteiger partial charge in [-0.3, -0.25) is 4.79 Å². The zero-order chi connectivity index (χ0) is 15.2. The maximum atomic E-state index is 13.7. The first-order chi connectivity index (χ1) is 10.1. The molecule has 0 saturated heterocycles. The summed E-state index contributed by atoms with van der Waals surface area (Å²) in [5.74, 6) is -2.98. The van der Waals surface area contributed by atoms with Crippen LogP contribution in [-0.4, -0.2) is 22.3 Å². The van der Waals surface area contributed by atoms with Crippen LogP contribution >= 0.6 is 0 Å². The van der Waals surface area contributed by atoms with E-state index < -0.39 is 17.7 Å². The van der Waals surface area contributed by atoms with Crippen LogP contribution in [0.1, 0.15) is 29.3 Å². The highest BCUT2D eigenvalue weighted by atomic mass is 19.2. The van der Waals surface area contributed by atoms with E-state index in [4.69, 9.17) is 0 Å². The molecule has 2 rings (SSSR count). The molecule has 0 spiro atoms. The Kier molecular flexibility index (Phi) is 4.98. The summed E-state index contributed by atoms with van der Waals surface area (Å²) >= 11 is 0. The van der Waals surface area contributed by atoms with Gasteiger partial charge in [0.25, 0.3) is 5.91 Å². The molecule has 0 aliphatic rings. The summed E-state index contributed by atoms with van der Waals surface area (Å²) in [6.45, 7) is 2.75. The molecule has 0 unspecified atom stereocenters. The Balaban J connectivity index is 2.25. The number of amides is 1. The van der Waals surface area contributed by atoms with Gasteiger partial charge in [-0.05, 0) is 18.1 Å². The molecule has 1 amide bonds. The molecule has 2 aromatic rings. The lowest BCUT2D eigenvalue weighted by Gasteiger charge is -2.22. The summed E-state index contributed by atoms with van der Waals surface area (Å²) in [5, 5.41) is 0. The molecule has 0 atom stereocenters. The van der Waals surface area contributed by atoms with Gasteiger partial charge >= 0.3 is 0 Å². The van der Waals surface area contributed by atoms with E-state index in [2.05, 4.69) is 4.98 Å². The first-order valence-electron chi connectivity index (χ1n) is 6.76. The SMILES string of the molecule is CCCN(Cc1ccccc1)C(=O)c1ccnc(F)c1F. The standard InChI is InChI=1S/C16H16F2N2O/c1-2-10-20(11-12-6-4-3-5-7-12)16(21)13-8-9-19-15(18)14(13)17/h3-9H,2,10-11H2,1H3. The van der Waals surface area contributed by atoms with Gasteiger partial charge < -0.3 is 4.90 Å². The number of benzene rings is 1. The van der Waals surface area contributed by atoms with Crippen molar-refractivity contribution in [2.75, 3.05) is 6.54 Å². The summed E-state index contributed by atoms with van der Waals surface area (Å²) in [7, 11) is 0. The molecule has 1 aromatic heterocycles. The summed E-state index contributed by atoms with van der Waals surface area (Å²) in [6, 6.07) is 10.6. The molecule has 1 heterocycles. The molecule has 0 saturated carbocycles. The third-order valence-corrected chi connectivity index (χ3v) is 3.07. The van der Waals surface area contributed by atoms with Gasteiger partial charge in [0.1, 0.15) is 0 Å². The zero-order valence-electron chi connectivity index (χ0n) is 11.7. The third kappa shape index (κ3) is 3.62. The van der Waals surface area contributed by atoms with E-state index in [0.717, 1.165) is 18.2 Å². The van der Waals surface area contributed by atoms with Gasteiger partial charge in [0, 0.05) is 19.3 Å². The highest BCUT2D eigenvalue weighted by molar-refractivity contribution is 5.94. The number of hydrogen-bond acceptors (Lipinski definition) is 2. The zero-order valence-corrected chi connectivity index (χ0v) is 11.7. The smallest absolute Gasteiger partial charge is 0.257 e. The second-order valence-electron chi connectivity index (χ2n) is 4.68. The van der Waals surface area contributed by atoms with Gasteiger partial charge in [0.05, 0.1) is 5.56 Å². The minimum atomic E-state index is -1.25. The molecule has 110 valence electrons. The molecule has 0 bridgehead atoms. The lowest BCUT2D eigenvalue weighted by atomic mass is 10.1. The number of carbonyl (C=O) groups is 1. The van der Waals surface area contributed by atoms with Crippen molar-refractivity contribution < 1.29 is 13.6 Å². The van der Waals surface area contributed by atoms with E-state index in [1.54, 1.807) is 0 Å². The number of hydrogen-bond donors (Lipinski definition) is 0. The normalized spacial score (nSPS) is 10.4. The van der Waals surface area contributed by atoms with Crippen LogP contribution < -0.4 is 0 Å². The molecule has 5 heteroatoms. The fourth-order valence-electron chi connectivity index (χ4n) is 2.08. The molecular formula is C16H16F2N2O. The van der Waals surface area contributed by atoms with Crippen LogP contribution in [0.5, 0.6) is 0 Å².